The van der Waals surface area contributed by atoms with Gasteiger partial charge in [0, 0.05) is 12.3 Å². The van der Waals surface area contributed by atoms with Crippen LogP contribution in [0.2, 0.25) is 0 Å². The van der Waals surface area contributed by atoms with Gasteiger partial charge in [-0.15, -0.1) is 0 Å². The van der Waals surface area contributed by atoms with Gasteiger partial charge < -0.3 is 9.84 Å². The fourth-order valence-corrected chi connectivity index (χ4v) is 5.36. The summed E-state index contributed by atoms with van der Waals surface area (Å²) in [6.45, 7) is 10.7. The number of aryl methyl sites for hydroxylation is 1. The standard InChI is InChI=1S/C22H32O3/c1-14(2)16-6-8-18-17(12-16)7-9-19-21(18,4)11-10-20(24)22(19,5)13-25-15(3)23/h6,8,12,14,19-20,24H,7,9-11,13H2,1-5H3/t19-,20+,21-,22-/m1/s1. The van der Waals surface area contributed by atoms with E-state index in [0.29, 0.717) is 18.4 Å². The fourth-order valence-electron chi connectivity index (χ4n) is 5.36. The van der Waals surface area contributed by atoms with Gasteiger partial charge >= 0.3 is 5.97 Å². The molecule has 3 rings (SSSR count). The number of rotatable bonds is 3. The lowest BCUT2D eigenvalue weighted by molar-refractivity contribution is -0.158. The summed E-state index contributed by atoms with van der Waals surface area (Å²) >= 11 is 0. The van der Waals surface area contributed by atoms with E-state index in [-0.39, 0.29) is 16.8 Å². The Morgan fingerprint density at radius 2 is 2.04 bits per heavy atom. The van der Waals surface area contributed by atoms with Crippen molar-refractivity contribution in [1.82, 2.24) is 0 Å². The zero-order valence-electron chi connectivity index (χ0n) is 16.3. The number of ether oxygens (including phenoxy) is 1. The average molecular weight is 344 g/mol. The SMILES string of the molecule is CC(=O)OC[C@@]1(C)[C@@H](O)CC[C@]2(C)c3ccc(C(C)C)cc3CC[C@@H]12. The Bertz CT molecular complexity index is 665. The van der Waals surface area contributed by atoms with Gasteiger partial charge in [-0.2, -0.15) is 0 Å². The van der Waals surface area contributed by atoms with Gasteiger partial charge in [-0.25, -0.2) is 0 Å². The van der Waals surface area contributed by atoms with Gasteiger partial charge in [0.25, 0.3) is 0 Å². The highest BCUT2D eigenvalue weighted by Crippen LogP contribution is 2.57. The summed E-state index contributed by atoms with van der Waals surface area (Å²) in [5, 5.41) is 10.8. The van der Waals surface area contributed by atoms with E-state index in [1.165, 1.54) is 23.6 Å². The summed E-state index contributed by atoms with van der Waals surface area (Å²) in [6, 6.07) is 6.97. The highest BCUT2D eigenvalue weighted by Gasteiger charge is 2.56. The van der Waals surface area contributed by atoms with Gasteiger partial charge in [0.1, 0.15) is 0 Å². The van der Waals surface area contributed by atoms with Crippen molar-refractivity contribution < 1.29 is 14.6 Å². The van der Waals surface area contributed by atoms with Crippen molar-refractivity contribution in [1.29, 1.82) is 0 Å². The van der Waals surface area contributed by atoms with Crippen molar-refractivity contribution >= 4 is 5.97 Å². The molecule has 0 unspecified atom stereocenters. The molecular formula is C22H32O3. The van der Waals surface area contributed by atoms with E-state index in [1.54, 1.807) is 0 Å². The second-order valence-corrected chi connectivity index (χ2v) is 8.92. The van der Waals surface area contributed by atoms with Crippen molar-refractivity contribution in [3.8, 4) is 0 Å². The van der Waals surface area contributed by atoms with E-state index >= 15 is 0 Å². The van der Waals surface area contributed by atoms with E-state index in [4.69, 9.17) is 4.74 Å². The molecule has 2 aliphatic rings. The quantitative estimate of drug-likeness (QED) is 0.829. The van der Waals surface area contributed by atoms with Gasteiger partial charge in [0.15, 0.2) is 0 Å². The normalized spacial score (nSPS) is 34.4. The van der Waals surface area contributed by atoms with Gasteiger partial charge in [-0.3, -0.25) is 4.79 Å². The minimum atomic E-state index is -0.415. The first-order valence-electron chi connectivity index (χ1n) is 9.63. The van der Waals surface area contributed by atoms with Crippen LogP contribution in [0, 0.1) is 11.3 Å². The molecule has 0 spiro atoms. The number of aliphatic hydroxyl groups excluding tert-OH is 1. The maximum absolute atomic E-state index is 11.4. The first kappa shape index (κ1) is 18.4. The number of hydrogen-bond donors (Lipinski definition) is 1. The molecule has 2 aliphatic carbocycles. The van der Waals surface area contributed by atoms with Crippen molar-refractivity contribution in [2.75, 3.05) is 6.61 Å². The van der Waals surface area contributed by atoms with Gasteiger partial charge in [0.2, 0.25) is 0 Å². The summed E-state index contributed by atoms with van der Waals surface area (Å²) in [6.07, 6.45) is 3.42. The minimum Gasteiger partial charge on any atom is -0.465 e. The zero-order chi connectivity index (χ0) is 18.4. The number of hydrogen-bond acceptors (Lipinski definition) is 3. The molecule has 0 radical (unpaired) electrons. The number of carbonyl (C=O) groups is 1. The van der Waals surface area contributed by atoms with E-state index in [0.717, 1.165) is 25.7 Å². The average Bonchev–Trinajstić information content (AvgIpc) is 2.56. The van der Waals surface area contributed by atoms with E-state index < -0.39 is 6.10 Å². The monoisotopic (exact) mass is 344 g/mol. The molecule has 138 valence electrons. The number of benzene rings is 1. The molecule has 3 nitrogen and oxygen atoms in total. The van der Waals surface area contributed by atoms with E-state index in [1.807, 2.05) is 0 Å². The van der Waals surface area contributed by atoms with Crippen LogP contribution < -0.4 is 0 Å². The Morgan fingerprint density at radius 3 is 2.68 bits per heavy atom. The topological polar surface area (TPSA) is 46.5 Å². The Balaban J connectivity index is 1.99. The molecule has 3 heteroatoms. The summed E-state index contributed by atoms with van der Waals surface area (Å²) in [5.41, 5.74) is 3.97. The summed E-state index contributed by atoms with van der Waals surface area (Å²) in [4.78, 5) is 11.4. The fraction of sp³-hybridized carbons (Fsp3) is 0.682. The molecule has 0 bridgehead atoms. The lowest BCUT2D eigenvalue weighted by Crippen LogP contribution is -2.57. The van der Waals surface area contributed by atoms with E-state index in [9.17, 15) is 9.90 Å². The van der Waals surface area contributed by atoms with Gasteiger partial charge in [0.05, 0.1) is 12.7 Å². The molecule has 1 N–H and O–H groups in total. The summed E-state index contributed by atoms with van der Waals surface area (Å²) in [5.74, 6) is 0.595. The summed E-state index contributed by atoms with van der Waals surface area (Å²) < 4.78 is 5.39. The first-order chi connectivity index (χ1) is 11.7. The number of carbonyl (C=O) groups excluding carboxylic acids is 1. The zero-order valence-corrected chi connectivity index (χ0v) is 16.3. The van der Waals surface area contributed by atoms with Crippen molar-refractivity contribution in [2.24, 2.45) is 11.3 Å². The molecule has 0 heterocycles. The smallest absolute Gasteiger partial charge is 0.302 e. The van der Waals surface area contributed by atoms with Crippen LogP contribution in [0.5, 0.6) is 0 Å². The van der Waals surface area contributed by atoms with Crippen LogP contribution in [0.15, 0.2) is 18.2 Å². The highest BCUT2D eigenvalue weighted by molar-refractivity contribution is 5.66. The van der Waals surface area contributed by atoms with Crippen molar-refractivity contribution in [3.63, 3.8) is 0 Å². The lowest BCUT2D eigenvalue weighted by Gasteiger charge is -2.57. The van der Waals surface area contributed by atoms with Gasteiger partial charge in [-0.1, -0.05) is 45.9 Å². The third kappa shape index (κ3) is 3.01. The Labute approximate surface area is 151 Å². The summed E-state index contributed by atoms with van der Waals surface area (Å²) in [7, 11) is 0. The van der Waals surface area contributed by atoms with Crippen LogP contribution in [0.4, 0.5) is 0 Å². The molecule has 4 atom stereocenters. The number of fused-ring (bicyclic) bond motifs is 3. The first-order valence-corrected chi connectivity index (χ1v) is 9.63. The molecule has 0 saturated heterocycles. The minimum absolute atomic E-state index is 0.0389. The molecule has 0 aromatic heterocycles. The van der Waals surface area contributed by atoms with Crippen molar-refractivity contribution in [2.45, 2.75) is 77.7 Å². The molecular weight excluding hydrogens is 312 g/mol. The molecule has 1 aromatic carbocycles. The number of aliphatic hydroxyl groups is 1. The van der Waals surface area contributed by atoms with Crippen LogP contribution in [0.1, 0.15) is 76.5 Å². The molecule has 0 amide bonds. The molecule has 0 aliphatic heterocycles. The Kier molecular flexibility index (Phi) is 4.74. The maximum Gasteiger partial charge on any atom is 0.302 e. The third-order valence-electron chi connectivity index (χ3n) is 6.96. The Hall–Kier alpha value is -1.35. The Morgan fingerprint density at radius 1 is 1.32 bits per heavy atom. The molecule has 1 saturated carbocycles. The second-order valence-electron chi connectivity index (χ2n) is 8.92. The van der Waals surface area contributed by atoms with E-state index in [2.05, 4.69) is 45.9 Å². The van der Waals surface area contributed by atoms with Crippen LogP contribution in [0.3, 0.4) is 0 Å². The lowest BCUT2D eigenvalue weighted by atomic mass is 9.49. The van der Waals surface area contributed by atoms with Crippen LogP contribution >= 0.6 is 0 Å². The number of esters is 1. The van der Waals surface area contributed by atoms with Crippen LogP contribution in [-0.4, -0.2) is 23.8 Å². The third-order valence-corrected chi connectivity index (χ3v) is 6.96. The maximum atomic E-state index is 11.4. The molecule has 1 aromatic rings. The highest BCUT2D eigenvalue weighted by atomic mass is 16.5. The molecule has 25 heavy (non-hydrogen) atoms. The predicted molar refractivity (Wildman–Crippen MR) is 99.7 cm³/mol. The van der Waals surface area contributed by atoms with Crippen molar-refractivity contribution in [3.05, 3.63) is 34.9 Å². The second kappa shape index (κ2) is 6.42. The predicted octanol–water partition coefficient (Wildman–Crippen LogP) is 4.35. The molecule has 1 fully saturated rings. The largest absolute Gasteiger partial charge is 0.465 e. The van der Waals surface area contributed by atoms with Crippen LogP contribution in [-0.2, 0) is 21.4 Å². The van der Waals surface area contributed by atoms with Crippen LogP contribution in [0.25, 0.3) is 0 Å². The van der Waals surface area contributed by atoms with Gasteiger partial charge in [-0.05, 0) is 59.6 Å².